The molecule has 0 aliphatic carbocycles. The number of H-pyrrole nitrogens is 1. The average Bonchev–Trinajstić information content (AvgIpc) is 2.74. The first-order chi connectivity index (χ1) is 10.1. The van der Waals surface area contributed by atoms with E-state index in [0.717, 1.165) is 24.0 Å². The molecule has 4 heteroatoms. The topological polar surface area (TPSA) is 20.7 Å². The molecule has 0 aliphatic rings. The second-order valence-electron chi connectivity index (χ2n) is 5.38. The lowest BCUT2D eigenvalue weighted by Crippen LogP contribution is -2.02. The van der Waals surface area contributed by atoms with Crippen LogP contribution in [-0.2, 0) is 13.0 Å². The Morgan fingerprint density at radius 2 is 1.90 bits per heavy atom. The maximum Gasteiger partial charge on any atom is 0.178 e. The highest BCUT2D eigenvalue weighted by Gasteiger charge is 2.08. The van der Waals surface area contributed by atoms with E-state index in [1.807, 2.05) is 16.7 Å². The molecule has 2 nitrogen and oxygen atoms in total. The molecule has 108 valence electrons. The molecular formula is C17H17FN2S. The average molecular weight is 300 g/mol. The number of imidazole rings is 1. The smallest absolute Gasteiger partial charge is 0.178 e. The summed E-state index contributed by atoms with van der Waals surface area (Å²) in [5.74, 6) is -0.204. The van der Waals surface area contributed by atoms with Crippen molar-refractivity contribution in [1.29, 1.82) is 0 Å². The Morgan fingerprint density at radius 3 is 2.67 bits per heavy atom. The monoisotopic (exact) mass is 300 g/mol. The van der Waals surface area contributed by atoms with Gasteiger partial charge in [0, 0.05) is 6.54 Å². The quantitative estimate of drug-likeness (QED) is 0.695. The minimum Gasteiger partial charge on any atom is -0.330 e. The second kappa shape index (κ2) is 5.45. The maximum atomic E-state index is 13.6. The van der Waals surface area contributed by atoms with Gasteiger partial charge >= 0.3 is 0 Å². The minimum atomic E-state index is -0.204. The standard InChI is InChI=1S/C17H17FN2S/c1-11-5-3-4-6-13(11)7-8-20-16-9-12(2)14(18)10-15(16)19-17(20)21/h3-6,9-10H,7-8H2,1-2H3,(H,19,21). The number of halogens is 1. The van der Waals surface area contributed by atoms with Crippen molar-refractivity contribution in [3.63, 3.8) is 0 Å². The van der Waals surface area contributed by atoms with Gasteiger partial charge in [0.25, 0.3) is 0 Å². The number of nitrogens with one attached hydrogen (secondary N) is 1. The van der Waals surface area contributed by atoms with E-state index in [1.165, 1.54) is 17.2 Å². The van der Waals surface area contributed by atoms with Gasteiger partial charge in [-0.15, -0.1) is 0 Å². The molecule has 3 aromatic rings. The predicted molar refractivity (Wildman–Crippen MR) is 86.7 cm³/mol. The molecule has 2 aromatic carbocycles. The van der Waals surface area contributed by atoms with Crippen LogP contribution in [0.25, 0.3) is 11.0 Å². The van der Waals surface area contributed by atoms with Gasteiger partial charge in [0.2, 0.25) is 0 Å². The molecule has 21 heavy (non-hydrogen) atoms. The van der Waals surface area contributed by atoms with E-state index in [4.69, 9.17) is 12.2 Å². The Kier molecular flexibility index (Phi) is 3.64. The van der Waals surface area contributed by atoms with Crippen molar-refractivity contribution < 1.29 is 4.39 Å². The molecule has 0 aliphatic heterocycles. The number of fused-ring (bicyclic) bond motifs is 1. The van der Waals surface area contributed by atoms with Gasteiger partial charge in [-0.25, -0.2) is 4.39 Å². The third-order valence-electron chi connectivity index (χ3n) is 3.92. The van der Waals surface area contributed by atoms with E-state index in [2.05, 4.69) is 30.1 Å². The molecule has 1 aromatic heterocycles. The molecular weight excluding hydrogens is 283 g/mol. The normalized spacial score (nSPS) is 11.2. The number of aromatic amines is 1. The van der Waals surface area contributed by atoms with Gasteiger partial charge in [-0.2, -0.15) is 0 Å². The summed E-state index contributed by atoms with van der Waals surface area (Å²) in [6.45, 7) is 4.68. The molecule has 3 rings (SSSR count). The molecule has 0 unspecified atom stereocenters. The second-order valence-corrected chi connectivity index (χ2v) is 5.76. The van der Waals surface area contributed by atoms with E-state index in [9.17, 15) is 4.39 Å². The van der Waals surface area contributed by atoms with E-state index < -0.39 is 0 Å². The van der Waals surface area contributed by atoms with Crippen molar-refractivity contribution in [2.24, 2.45) is 0 Å². The summed E-state index contributed by atoms with van der Waals surface area (Å²) < 4.78 is 16.3. The molecule has 0 saturated heterocycles. The van der Waals surface area contributed by atoms with Gasteiger partial charge in [0.15, 0.2) is 4.77 Å². The third-order valence-corrected chi connectivity index (χ3v) is 4.24. The van der Waals surface area contributed by atoms with Gasteiger partial charge in [-0.05, 0) is 61.3 Å². The fourth-order valence-electron chi connectivity index (χ4n) is 2.63. The number of aryl methyl sites for hydroxylation is 4. The Labute approximate surface area is 128 Å². The van der Waals surface area contributed by atoms with Crippen LogP contribution < -0.4 is 0 Å². The highest BCUT2D eigenvalue weighted by Crippen LogP contribution is 2.20. The predicted octanol–water partition coefficient (Wildman–Crippen LogP) is 4.70. The van der Waals surface area contributed by atoms with E-state index in [0.29, 0.717) is 10.3 Å². The number of nitrogens with zero attached hydrogens (tertiary/aromatic N) is 1. The van der Waals surface area contributed by atoms with Gasteiger partial charge in [0.1, 0.15) is 5.82 Å². The van der Waals surface area contributed by atoms with Crippen LogP contribution in [0.4, 0.5) is 4.39 Å². The lowest BCUT2D eigenvalue weighted by Gasteiger charge is -2.08. The van der Waals surface area contributed by atoms with Crippen LogP contribution in [-0.4, -0.2) is 9.55 Å². The first kappa shape index (κ1) is 14.0. The van der Waals surface area contributed by atoms with Crippen molar-refractivity contribution in [3.8, 4) is 0 Å². The number of aromatic nitrogens is 2. The van der Waals surface area contributed by atoms with E-state index >= 15 is 0 Å². The highest BCUT2D eigenvalue weighted by molar-refractivity contribution is 7.71. The molecule has 0 bridgehead atoms. The summed E-state index contributed by atoms with van der Waals surface area (Å²) in [5.41, 5.74) is 4.96. The molecule has 0 spiro atoms. The first-order valence-electron chi connectivity index (χ1n) is 6.99. The van der Waals surface area contributed by atoms with Crippen molar-refractivity contribution >= 4 is 23.3 Å². The number of hydrogen-bond acceptors (Lipinski definition) is 1. The van der Waals surface area contributed by atoms with Crippen LogP contribution in [0.2, 0.25) is 0 Å². The fraction of sp³-hybridized carbons (Fsp3) is 0.235. The van der Waals surface area contributed by atoms with Gasteiger partial charge in [-0.3, -0.25) is 0 Å². The molecule has 0 saturated carbocycles. The van der Waals surface area contributed by atoms with Crippen molar-refractivity contribution in [1.82, 2.24) is 9.55 Å². The number of hydrogen-bond donors (Lipinski definition) is 1. The Morgan fingerprint density at radius 1 is 1.14 bits per heavy atom. The fourth-order valence-corrected chi connectivity index (χ4v) is 2.93. The Bertz CT molecular complexity index is 861. The van der Waals surface area contributed by atoms with Crippen LogP contribution in [0, 0.1) is 24.4 Å². The summed E-state index contributed by atoms with van der Waals surface area (Å²) >= 11 is 5.37. The lowest BCUT2D eigenvalue weighted by atomic mass is 10.1. The zero-order chi connectivity index (χ0) is 15.0. The van der Waals surface area contributed by atoms with Gasteiger partial charge in [0.05, 0.1) is 11.0 Å². The largest absolute Gasteiger partial charge is 0.330 e. The summed E-state index contributed by atoms with van der Waals surface area (Å²) in [6, 6.07) is 11.7. The van der Waals surface area contributed by atoms with Gasteiger partial charge < -0.3 is 9.55 Å². The van der Waals surface area contributed by atoms with Gasteiger partial charge in [-0.1, -0.05) is 24.3 Å². The molecule has 0 radical (unpaired) electrons. The molecule has 0 atom stereocenters. The maximum absolute atomic E-state index is 13.6. The lowest BCUT2D eigenvalue weighted by molar-refractivity contribution is 0.620. The Balaban J connectivity index is 1.97. The van der Waals surface area contributed by atoms with Crippen LogP contribution in [0.1, 0.15) is 16.7 Å². The zero-order valence-corrected chi connectivity index (χ0v) is 12.9. The zero-order valence-electron chi connectivity index (χ0n) is 12.1. The van der Waals surface area contributed by atoms with Crippen molar-refractivity contribution in [3.05, 3.63) is 63.7 Å². The molecule has 1 N–H and O–H groups in total. The molecule has 0 amide bonds. The summed E-state index contributed by atoms with van der Waals surface area (Å²) in [6.07, 6.45) is 0.907. The van der Waals surface area contributed by atoms with E-state index in [1.54, 1.807) is 6.92 Å². The summed E-state index contributed by atoms with van der Waals surface area (Å²) in [5, 5.41) is 0. The number of benzene rings is 2. The molecule has 0 fully saturated rings. The Hall–Kier alpha value is -1.94. The van der Waals surface area contributed by atoms with Crippen molar-refractivity contribution in [2.75, 3.05) is 0 Å². The summed E-state index contributed by atoms with van der Waals surface area (Å²) in [7, 11) is 0. The minimum absolute atomic E-state index is 0.204. The van der Waals surface area contributed by atoms with Crippen LogP contribution in [0.15, 0.2) is 36.4 Å². The molecule has 1 heterocycles. The van der Waals surface area contributed by atoms with Crippen molar-refractivity contribution in [2.45, 2.75) is 26.8 Å². The third kappa shape index (κ3) is 2.63. The van der Waals surface area contributed by atoms with Crippen LogP contribution >= 0.6 is 12.2 Å². The number of rotatable bonds is 3. The first-order valence-corrected chi connectivity index (χ1v) is 7.40. The summed E-state index contributed by atoms with van der Waals surface area (Å²) in [4.78, 5) is 3.08. The highest BCUT2D eigenvalue weighted by atomic mass is 32.1. The SMILES string of the molecule is Cc1cc2c(cc1F)[nH]c(=S)n2CCc1ccccc1C. The van der Waals surface area contributed by atoms with E-state index in [-0.39, 0.29) is 5.82 Å². The van der Waals surface area contributed by atoms with Crippen LogP contribution in [0.5, 0.6) is 0 Å². The van der Waals surface area contributed by atoms with Crippen LogP contribution in [0.3, 0.4) is 0 Å².